The molecule has 5 rings (SSSR count). The molecule has 3 aromatic heterocycles. The Morgan fingerprint density at radius 1 is 1.06 bits per heavy atom. The lowest BCUT2D eigenvalue weighted by Gasteiger charge is -2.14. The number of aromatic amines is 1. The highest BCUT2D eigenvalue weighted by Crippen LogP contribution is 2.35. The highest BCUT2D eigenvalue weighted by atomic mass is 19.1. The zero-order chi connectivity index (χ0) is 21.5. The van der Waals surface area contributed by atoms with Gasteiger partial charge < -0.3 is 4.98 Å². The molecule has 0 aliphatic heterocycles. The zero-order valence-corrected chi connectivity index (χ0v) is 16.5. The maximum atomic E-state index is 13.8. The number of hydrogen-bond acceptors (Lipinski definition) is 4. The van der Waals surface area contributed by atoms with Gasteiger partial charge in [0.1, 0.15) is 11.5 Å². The van der Waals surface area contributed by atoms with Crippen LogP contribution in [-0.2, 0) is 0 Å². The van der Waals surface area contributed by atoms with Gasteiger partial charge in [-0.15, -0.1) is 0 Å². The van der Waals surface area contributed by atoms with E-state index in [9.17, 15) is 14.4 Å². The maximum absolute atomic E-state index is 13.8. The molecule has 0 bridgehead atoms. The number of H-pyrrole nitrogens is 1. The summed E-state index contributed by atoms with van der Waals surface area (Å²) in [6, 6.07) is 17.9. The number of aromatic nitrogens is 3. The van der Waals surface area contributed by atoms with Crippen molar-refractivity contribution >= 4 is 21.9 Å². The Hall–Kier alpha value is -4.37. The van der Waals surface area contributed by atoms with Gasteiger partial charge in [0.2, 0.25) is 0 Å². The van der Waals surface area contributed by atoms with Crippen molar-refractivity contribution in [2.75, 3.05) is 0 Å². The Labute approximate surface area is 176 Å². The van der Waals surface area contributed by atoms with Gasteiger partial charge in [-0.05, 0) is 48.4 Å². The van der Waals surface area contributed by atoms with Crippen molar-refractivity contribution in [2.45, 2.75) is 6.92 Å². The quantitative estimate of drug-likeness (QED) is 0.441. The van der Waals surface area contributed by atoms with Gasteiger partial charge in [0, 0.05) is 28.8 Å². The van der Waals surface area contributed by atoms with Gasteiger partial charge in [0.15, 0.2) is 5.43 Å². The van der Waals surface area contributed by atoms with Crippen LogP contribution in [0.1, 0.15) is 11.1 Å². The summed E-state index contributed by atoms with van der Waals surface area (Å²) >= 11 is 0. The van der Waals surface area contributed by atoms with E-state index < -0.39 is 5.82 Å². The molecule has 0 amide bonds. The summed E-state index contributed by atoms with van der Waals surface area (Å²) < 4.78 is 13.8. The summed E-state index contributed by atoms with van der Waals surface area (Å²) in [4.78, 5) is 24.4. The minimum absolute atomic E-state index is 0.148. The van der Waals surface area contributed by atoms with Gasteiger partial charge in [-0.1, -0.05) is 18.2 Å². The Kier molecular flexibility index (Phi) is 4.30. The van der Waals surface area contributed by atoms with E-state index in [-0.39, 0.29) is 5.43 Å². The van der Waals surface area contributed by atoms with E-state index in [1.165, 1.54) is 18.3 Å². The SMILES string of the molecule is Cc1c(C#N)cccc1-c1nc2[nH]ccc(=O)c2cc1-c1ccc2ncc(F)cc2c1. The zero-order valence-electron chi connectivity index (χ0n) is 16.5. The molecule has 5 nitrogen and oxygen atoms in total. The number of pyridine rings is 3. The molecule has 31 heavy (non-hydrogen) atoms. The molecule has 0 spiro atoms. The smallest absolute Gasteiger partial charge is 0.191 e. The molecule has 0 fully saturated rings. The largest absolute Gasteiger partial charge is 0.346 e. The van der Waals surface area contributed by atoms with Gasteiger partial charge in [-0.3, -0.25) is 9.78 Å². The van der Waals surface area contributed by atoms with Gasteiger partial charge in [0.25, 0.3) is 0 Å². The van der Waals surface area contributed by atoms with Crippen LogP contribution in [-0.4, -0.2) is 15.0 Å². The second-order valence-corrected chi connectivity index (χ2v) is 7.27. The van der Waals surface area contributed by atoms with Crippen molar-refractivity contribution in [1.29, 1.82) is 5.26 Å². The van der Waals surface area contributed by atoms with Crippen LogP contribution in [0.4, 0.5) is 4.39 Å². The number of benzene rings is 2. The van der Waals surface area contributed by atoms with Crippen molar-refractivity contribution in [2.24, 2.45) is 0 Å². The van der Waals surface area contributed by atoms with Crippen LogP contribution in [0.15, 0.2) is 71.8 Å². The first-order valence-electron chi connectivity index (χ1n) is 9.63. The topological polar surface area (TPSA) is 82.4 Å². The van der Waals surface area contributed by atoms with Crippen LogP contribution < -0.4 is 5.43 Å². The average Bonchev–Trinajstić information content (AvgIpc) is 2.78. The lowest BCUT2D eigenvalue weighted by atomic mass is 9.93. The number of nitriles is 1. The minimum Gasteiger partial charge on any atom is -0.346 e. The summed E-state index contributed by atoms with van der Waals surface area (Å²) in [7, 11) is 0. The summed E-state index contributed by atoms with van der Waals surface area (Å²) in [6.07, 6.45) is 2.74. The Balaban J connectivity index is 1.87. The highest BCUT2D eigenvalue weighted by molar-refractivity contribution is 5.94. The molecule has 0 aliphatic carbocycles. The van der Waals surface area contributed by atoms with Gasteiger partial charge in [-0.25, -0.2) is 9.37 Å². The Morgan fingerprint density at radius 3 is 2.77 bits per heavy atom. The van der Waals surface area contributed by atoms with Crippen molar-refractivity contribution in [3.05, 3.63) is 94.2 Å². The number of rotatable bonds is 2. The predicted molar refractivity (Wildman–Crippen MR) is 118 cm³/mol. The standard InChI is InChI=1S/C25H15FN4O/c1-14-16(12-27)3-2-4-19(14)24-20(11-21-23(31)7-8-28-25(21)30-24)15-5-6-22-17(9-15)10-18(26)13-29-22/h2-11,13H,1H3,(H,28,30,31). The summed E-state index contributed by atoms with van der Waals surface area (Å²) in [6.45, 7) is 1.87. The second-order valence-electron chi connectivity index (χ2n) is 7.27. The number of nitrogens with one attached hydrogen (secondary N) is 1. The Morgan fingerprint density at radius 2 is 1.94 bits per heavy atom. The highest BCUT2D eigenvalue weighted by Gasteiger charge is 2.16. The van der Waals surface area contributed by atoms with E-state index in [1.807, 2.05) is 37.3 Å². The van der Waals surface area contributed by atoms with E-state index >= 15 is 0 Å². The summed E-state index contributed by atoms with van der Waals surface area (Å²) in [5.74, 6) is -0.421. The molecule has 0 saturated carbocycles. The summed E-state index contributed by atoms with van der Waals surface area (Å²) in [5, 5.41) is 10.6. The van der Waals surface area contributed by atoms with Crippen molar-refractivity contribution in [3.63, 3.8) is 0 Å². The fourth-order valence-electron chi connectivity index (χ4n) is 3.81. The summed E-state index contributed by atoms with van der Waals surface area (Å²) in [5.41, 5.74) is 5.24. The Bertz CT molecular complexity index is 1600. The van der Waals surface area contributed by atoms with Crippen LogP contribution >= 0.6 is 0 Å². The molecule has 5 aromatic rings. The fourth-order valence-corrected chi connectivity index (χ4v) is 3.81. The predicted octanol–water partition coefficient (Wildman–Crippen LogP) is 5.12. The van der Waals surface area contributed by atoms with E-state index in [0.29, 0.717) is 38.8 Å². The number of hydrogen-bond donors (Lipinski definition) is 1. The van der Waals surface area contributed by atoms with Crippen molar-refractivity contribution in [3.8, 4) is 28.5 Å². The fraction of sp³-hybridized carbons (Fsp3) is 0.0400. The second kappa shape index (κ2) is 7.15. The van der Waals surface area contributed by atoms with Gasteiger partial charge in [0.05, 0.1) is 34.4 Å². The maximum Gasteiger partial charge on any atom is 0.191 e. The molecule has 3 heterocycles. The van der Waals surface area contributed by atoms with Crippen molar-refractivity contribution < 1.29 is 4.39 Å². The molecular formula is C25H15FN4O. The molecule has 0 radical (unpaired) electrons. The third kappa shape index (κ3) is 3.13. The molecule has 148 valence electrons. The van der Waals surface area contributed by atoms with E-state index in [1.54, 1.807) is 18.3 Å². The number of fused-ring (bicyclic) bond motifs is 2. The molecule has 0 aliphatic rings. The lowest BCUT2D eigenvalue weighted by molar-refractivity contribution is 0.624. The van der Waals surface area contributed by atoms with E-state index in [2.05, 4.69) is 16.0 Å². The third-order valence-corrected chi connectivity index (χ3v) is 5.41. The van der Waals surface area contributed by atoms with Crippen LogP contribution in [0, 0.1) is 24.1 Å². The van der Waals surface area contributed by atoms with Crippen LogP contribution in [0.3, 0.4) is 0 Å². The lowest BCUT2D eigenvalue weighted by Crippen LogP contribution is -2.04. The number of halogens is 1. The molecule has 1 N–H and O–H groups in total. The van der Waals surface area contributed by atoms with Crippen LogP contribution in [0.2, 0.25) is 0 Å². The van der Waals surface area contributed by atoms with Crippen LogP contribution in [0.5, 0.6) is 0 Å². The molecule has 0 atom stereocenters. The van der Waals surface area contributed by atoms with Gasteiger partial charge in [-0.2, -0.15) is 5.26 Å². The molecule has 0 saturated heterocycles. The monoisotopic (exact) mass is 406 g/mol. The first kappa shape index (κ1) is 18.6. The van der Waals surface area contributed by atoms with Crippen molar-refractivity contribution in [1.82, 2.24) is 15.0 Å². The molecule has 6 heteroatoms. The average molecular weight is 406 g/mol. The van der Waals surface area contributed by atoms with Gasteiger partial charge >= 0.3 is 0 Å². The van der Waals surface area contributed by atoms with Crippen LogP contribution in [0.25, 0.3) is 44.3 Å². The normalized spacial score (nSPS) is 11.0. The first-order chi connectivity index (χ1) is 15.0. The third-order valence-electron chi connectivity index (χ3n) is 5.41. The van der Waals surface area contributed by atoms with E-state index in [4.69, 9.17) is 4.98 Å². The van der Waals surface area contributed by atoms with E-state index in [0.717, 1.165) is 16.7 Å². The first-order valence-corrected chi connectivity index (χ1v) is 9.63. The molecule has 0 unspecified atom stereocenters. The molecular weight excluding hydrogens is 391 g/mol. The molecule has 2 aromatic carbocycles. The minimum atomic E-state index is -0.421. The number of nitrogens with zero attached hydrogens (tertiary/aromatic N) is 3.